The van der Waals surface area contributed by atoms with Crippen LogP contribution in [-0.4, -0.2) is 25.2 Å². The highest BCUT2D eigenvalue weighted by atomic mass is 79.9. The maximum Gasteiger partial charge on any atom is 0.360 e. The molecule has 6 heteroatoms. The number of hydrogen-bond acceptors (Lipinski definition) is 5. The van der Waals surface area contributed by atoms with Gasteiger partial charge in [0.05, 0.1) is 14.2 Å². The number of carbonyl (C=O) groups excluding carboxylic acids is 1. The summed E-state index contributed by atoms with van der Waals surface area (Å²) in [5.74, 6) is 0.609. The number of esters is 1. The van der Waals surface area contributed by atoms with E-state index in [9.17, 15) is 4.79 Å². The van der Waals surface area contributed by atoms with Gasteiger partial charge in [0.2, 0.25) is 0 Å². The molecule has 0 aliphatic carbocycles. The molecule has 2 rings (SSSR count). The minimum absolute atomic E-state index is 0.147. The Kier molecular flexibility index (Phi) is 5.16. The van der Waals surface area contributed by atoms with E-state index in [0.717, 1.165) is 15.8 Å². The third-order valence-electron chi connectivity index (χ3n) is 2.75. The molecule has 5 nitrogen and oxygen atoms in total. The molecule has 0 saturated heterocycles. The van der Waals surface area contributed by atoms with Crippen molar-refractivity contribution in [2.75, 3.05) is 14.2 Å². The molecular formula is C15H14BrNO4. The van der Waals surface area contributed by atoms with Crippen molar-refractivity contribution in [3.63, 3.8) is 0 Å². The van der Waals surface area contributed by atoms with Gasteiger partial charge in [0.15, 0.2) is 11.4 Å². The van der Waals surface area contributed by atoms with E-state index in [1.165, 1.54) is 13.3 Å². The lowest BCUT2D eigenvalue weighted by Gasteiger charge is -2.10. The molecule has 0 radical (unpaired) electrons. The van der Waals surface area contributed by atoms with Crippen molar-refractivity contribution in [1.29, 1.82) is 0 Å². The third-order valence-corrected chi connectivity index (χ3v) is 3.19. The van der Waals surface area contributed by atoms with Gasteiger partial charge in [-0.1, -0.05) is 12.1 Å². The Bertz CT molecular complexity index is 628. The van der Waals surface area contributed by atoms with Crippen LogP contribution < -0.4 is 9.47 Å². The molecule has 0 aliphatic heterocycles. The van der Waals surface area contributed by atoms with Crippen LogP contribution >= 0.6 is 15.9 Å². The monoisotopic (exact) mass is 351 g/mol. The van der Waals surface area contributed by atoms with Gasteiger partial charge in [-0.25, -0.2) is 9.78 Å². The molecule has 0 spiro atoms. The van der Waals surface area contributed by atoms with Gasteiger partial charge < -0.3 is 14.2 Å². The summed E-state index contributed by atoms with van der Waals surface area (Å²) in [6.07, 6.45) is 1.52. The molecule has 21 heavy (non-hydrogen) atoms. The number of pyridine rings is 1. The standard InChI is InChI=1S/C15H14BrNO4/c1-19-12-5-3-10(4-6-12)9-21-13-7-11(16)8-17-14(13)15(18)20-2/h3-8H,9H2,1-2H3. The number of carbonyl (C=O) groups is 1. The number of methoxy groups -OCH3 is 2. The van der Waals surface area contributed by atoms with Gasteiger partial charge in [-0.15, -0.1) is 0 Å². The normalized spacial score (nSPS) is 10.0. The number of aromatic nitrogens is 1. The number of rotatable bonds is 5. The summed E-state index contributed by atoms with van der Waals surface area (Å²) in [6.45, 7) is 0.312. The number of hydrogen-bond donors (Lipinski definition) is 0. The van der Waals surface area contributed by atoms with E-state index in [2.05, 4.69) is 25.7 Å². The molecule has 2 aromatic rings. The highest BCUT2D eigenvalue weighted by Crippen LogP contribution is 2.23. The first-order chi connectivity index (χ1) is 10.1. The van der Waals surface area contributed by atoms with E-state index in [0.29, 0.717) is 12.4 Å². The summed E-state index contributed by atoms with van der Waals surface area (Å²) < 4.78 is 16.2. The molecule has 0 aliphatic rings. The van der Waals surface area contributed by atoms with Crippen molar-refractivity contribution in [3.8, 4) is 11.5 Å². The number of ether oxygens (including phenoxy) is 3. The van der Waals surface area contributed by atoms with Gasteiger partial charge in [0, 0.05) is 10.7 Å². The molecule has 110 valence electrons. The Hall–Kier alpha value is -2.08. The zero-order chi connectivity index (χ0) is 15.2. The second-order valence-electron chi connectivity index (χ2n) is 4.13. The lowest BCUT2D eigenvalue weighted by atomic mass is 10.2. The molecule has 1 aromatic carbocycles. The van der Waals surface area contributed by atoms with Gasteiger partial charge in [-0.3, -0.25) is 0 Å². The maximum absolute atomic E-state index is 11.6. The van der Waals surface area contributed by atoms with Crippen LogP contribution in [0.1, 0.15) is 16.1 Å². The number of nitrogens with zero attached hydrogens (tertiary/aromatic N) is 1. The van der Waals surface area contributed by atoms with Crippen LogP contribution in [0.2, 0.25) is 0 Å². The quantitative estimate of drug-likeness (QED) is 0.774. The molecule has 0 bridgehead atoms. The van der Waals surface area contributed by atoms with E-state index in [-0.39, 0.29) is 5.69 Å². The second kappa shape index (κ2) is 7.08. The van der Waals surface area contributed by atoms with Crippen LogP contribution in [0.25, 0.3) is 0 Å². The van der Waals surface area contributed by atoms with Gasteiger partial charge in [-0.2, -0.15) is 0 Å². The largest absolute Gasteiger partial charge is 0.497 e. The predicted molar refractivity (Wildman–Crippen MR) is 80.6 cm³/mol. The molecule has 0 N–H and O–H groups in total. The van der Waals surface area contributed by atoms with Crippen molar-refractivity contribution in [1.82, 2.24) is 4.98 Å². The summed E-state index contributed by atoms with van der Waals surface area (Å²) >= 11 is 3.30. The second-order valence-corrected chi connectivity index (χ2v) is 5.04. The zero-order valence-corrected chi connectivity index (χ0v) is 13.2. The minimum atomic E-state index is -0.535. The fourth-order valence-electron chi connectivity index (χ4n) is 1.66. The average Bonchev–Trinajstić information content (AvgIpc) is 2.52. The van der Waals surface area contributed by atoms with Crippen LogP contribution in [0.15, 0.2) is 41.0 Å². The molecule has 0 amide bonds. The van der Waals surface area contributed by atoms with Crippen molar-refractivity contribution in [2.24, 2.45) is 0 Å². The number of benzene rings is 1. The minimum Gasteiger partial charge on any atom is -0.497 e. The lowest BCUT2D eigenvalue weighted by molar-refractivity contribution is 0.0588. The van der Waals surface area contributed by atoms with E-state index in [1.54, 1.807) is 13.2 Å². The van der Waals surface area contributed by atoms with E-state index in [1.807, 2.05) is 24.3 Å². The van der Waals surface area contributed by atoms with Gasteiger partial charge >= 0.3 is 5.97 Å². The zero-order valence-electron chi connectivity index (χ0n) is 11.6. The van der Waals surface area contributed by atoms with Crippen molar-refractivity contribution in [3.05, 3.63) is 52.3 Å². The first-order valence-electron chi connectivity index (χ1n) is 6.13. The van der Waals surface area contributed by atoms with Crippen LogP contribution in [0.4, 0.5) is 0 Å². The fourth-order valence-corrected chi connectivity index (χ4v) is 1.97. The maximum atomic E-state index is 11.6. The smallest absolute Gasteiger partial charge is 0.360 e. The van der Waals surface area contributed by atoms with Gasteiger partial charge in [-0.05, 0) is 39.7 Å². The van der Waals surface area contributed by atoms with E-state index >= 15 is 0 Å². The summed E-state index contributed by atoms with van der Waals surface area (Å²) in [6, 6.07) is 9.16. The molecule has 1 heterocycles. The fraction of sp³-hybridized carbons (Fsp3) is 0.200. The van der Waals surface area contributed by atoms with E-state index < -0.39 is 5.97 Å². The van der Waals surface area contributed by atoms with Gasteiger partial charge in [0.25, 0.3) is 0 Å². The van der Waals surface area contributed by atoms with E-state index in [4.69, 9.17) is 9.47 Å². The van der Waals surface area contributed by atoms with Crippen LogP contribution in [-0.2, 0) is 11.3 Å². The van der Waals surface area contributed by atoms with Crippen LogP contribution in [0.3, 0.4) is 0 Å². The van der Waals surface area contributed by atoms with Gasteiger partial charge in [0.1, 0.15) is 12.4 Å². The topological polar surface area (TPSA) is 57.7 Å². The summed E-state index contributed by atoms with van der Waals surface area (Å²) in [5, 5.41) is 0. The third kappa shape index (κ3) is 3.95. The molecule has 0 unspecified atom stereocenters. The average molecular weight is 352 g/mol. The highest BCUT2D eigenvalue weighted by Gasteiger charge is 2.15. The molecule has 0 saturated carbocycles. The first kappa shape index (κ1) is 15.3. The summed E-state index contributed by atoms with van der Waals surface area (Å²) in [4.78, 5) is 15.7. The van der Waals surface area contributed by atoms with Crippen molar-refractivity contribution in [2.45, 2.75) is 6.61 Å². The van der Waals surface area contributed by atoms with Crippen LogP contribution in [0, 0.1) is 0 Å². The Morgan fingerprint density at radius 3 is 2.57 bits per heavy atom. The lowest BCUT2D eigenvalue weighted by Crippen LogP contribution is -2.08. The number of halogens is 1. The van der Waals surface area contributed by atoms with Crippen molar-refractivity contribution < 1.29 is 19.0 Å². The predicted octanol–water partition coefficient (Wildman–Crippen LogP) is 3.22. The molecule has 0 atom stereocenters. The molecule has 1 aromatic heterocycles. The van der Waals surface area contributed by atoms with Crippen molar-refractivity contribution >= 4 is 21.9 Å². The summed E-state index contributed by atoms with van der Waals surface area (Å²) in [7, 11) is 2.92. The Morgan fingerprint density at radius 1 is 1.24 bits per heavy atom. The summed E-state index contributed by atoms with van der Waals surface area (Å²) in [5.41, 5.74) is 1.10. The molecule has 0 fully saturated rings. The van der Waals surface area contributed by atoms with Crippen LogP contribution in [0.5, 0.6) is 11.5 Å². The Morgan fingerprint density at radius 2 is 1.95 bits per heavy atom. The first-order valence-corrected chi connectivity index (χ1v) is 6.93. The molecular weight excluding hydrogens is 338 g/mol. The Labute approximate surface area is 131 Å². The SMILES string of the molecule is COC(=O)c1ncc(Br)cc1OCc1ccc(OC)cc1. The highest BCUT2D eigenvalue weighted by molar-refractivity contribution is 9.10. The Balaban J connectivity index is 2.14.